The van der Waals surface area contributed by atoms with E-state index in [-0.39, 0.29) is 23.0 Å². The molecule has 1 heterocycles. The average Bonchev–Trinajstić information content (AvgIpc) is 2.96. The van der Waals surface area contributed by atoms with Gasteiger partial charge in [0.15, 0.2) is 5.16 Å². The molecule has 1 amide bonds. The van der Waals surface area contributed by atoms with Gasteiger partial charge in [0.2, 0.25) is 5.91 Å². The van der Waals surface area contributed by atoms with E-state index >= 15 is 0 Å². The van der Waals surface area contributed by atoms with Gasteiger partial charge in [-0.05, 0) is 25.5 Å². The van der Waals surface area contributed by atoms with Crippen LogP contribution in [0.2, 0.25) is 0 Å². The number of nitro groups is 1. The fourth-order valence-corrected chi connectivity index (χ4v) is 3.04. The van der Waals surface area contributed by atoms with Crippen LogP contribution in [-0.4, -0.2) is 31.3 Å². The molecule has 0 spiro atoms. The van der Waals surface area contributed by atoms with Crippen LogP contribution in [0.25, 0.3) is 0 Å². The molecule has 0 fully saturated rings. The minimum Gasteiger partial charge on any atom is -0.320 e. The second-order valence-corrected chi connectivity index (χ2v) is 6.05. The number of carbonyl (C=O) groups is 1. The van der Waals surface area contributed by atoms with Crippen molar-refractivity contribution in [3.05, 3.63) is 39.7 Å². The summed E-state index contributed by atoms with van der Waals surface area (Å²) in [5, 5.41) is 22.5. The van der Waals surface area contributed by atoms with Crippen LogP contribution in [0.3, 0.4) is 0 Å². The van der Waals surface area contributed by atoms with Crippen LogP contribution in [0.1, 0.15) is 25.2 Å². The van der Waals surface area contributed by atoms with Crippen LogP contribution in [0.5, 0.6) is 0 Å². The van der Waals surface area contributed by atoms with E-state index in [0.717, 1.165) is 24.4 Å². The van der Waals surface area contributed by atoms with Crippen LogP contribution in [0.15, 0.2) is 23.4 Å². The summed E-state index contributed by atoms with van der Waals surface area (Å²) in [5.41, 5.74) is 0.845. The van der Waals surface area contributed by atoms with E-state index in [1.807, 2.05) is 18.4 Å². The summed E-state index contributed by atoms with van der Waals surface area (Å²) in [6, 6.07) is 4.70. The van der Waals surface area contributed by atoms with E-state index < -0.39 is 4.92 Å². The monoisotopic (exact) mass is 349 g/mol. The first-order valence-electron chi connectivity index (χ1n) is 7.56. The van der Waals surface area contributed by atoms with Crippen molar-refractivity contribution in [2.45, 2.75) is 38.9 Å². The first kappa shape index (κ1) is 17.9. The first-order chi connectivity index (χ1) is 11.5. The van der Waals surface area contributed by atoms with Gasteiger partial charge in [-0.25, -0.2) is 0 Å². The van der Waals surface area contributed by atoms with Crippen LogP contribution in [-0.2, 0) is 17.8 Å². The molecule has 0 aliphatic carbocycles. The number of nitro benzene ring substituents is 1. The van der Waals surface area contributed by atoms with Gasteiger partial charge in [0.25, 0.3) is 5.69 Å². The first-order valence-corrected chi connectivity index (χ1v) is 8.54. The van der Waals surface area contributed by atoms with Crippen molar-refractivity contribution in [1.29, 1.82) is 0 Å². The van der Waals surface area contributed by atoms with Crippen LogP contribution >= 0.6 is 11.8 Å². The lowest BCUT2D eigenvalue weighted by Gasteiger charge is -2.07. The largest absolute Gasteiger partial charge is 0.320 e. The lowest BCUT2D eigenvalue weighted by atomic mass is 10.2. The molecule has 8 nitrogen and oxygen atoms in total. The van der Waals surface area contributed by atoms with Gasteiger partial charge in [-0.15, -0.1) is 10.2 Å². The van der Waals surface area contributed by atoms with E-state index in [1.165, 1.54) is 17.8 Å². The van der Waals surface area contributed by atoms with Crippen molar-refractivity contribution in [2.24, 2.45) is 0 Å². The summed E-state index contributed by atoms with van der Waals surface area (Å²) in [7, 11) is 0. The third-order valence-electron chi connectivity index (χ3n) is 3.38. The molecule has 0 saturated carbocycles. The Labute approximate surface area is 143 Å². The number of amides is 1. The lowest BCUT2D eigenvalue weighted by Crippen LogP contribution is -2.15. The molecule has 9 heteroatoms. The Balaban J connectivity index is 2.04. The highest BCUT2D eigenvalue weighted by Gasteiger charge is 2.17. The summed E-state index contributed by atoms with van der Waals surface area (Å²) in [6.45, 7) is 6.47. The van der Waals surface area contributed by atoms with Crippen molar-refractivity contribution in [1.82, 2.24) is 14.8 Å². The van der Waals surface area contributed by atoms with Gasteiger partial charge >= 0.3 is 0 Å². The Morgan fingerprint density at radius 1 is 1.38 bits per heavy atom. The van der Waals surface area contributed by atoms with E-state index in [1.54, 1.807) is 19.1 Å². The molecule has 1 N–H and O–H groups in total. The van der Waals surface area contributed by atoms with Crippen LogP contribution in [0.4, 0.5) is 11.4 Å². The number of anilines is 1. The summed E-state index contributed by atoms with van der Waals surface area (Å²) in [6.07, 6.45) is 0.767. The van der Waals surface area contributed by atoms with Crippen molar-refractivity contribution in [3.8, 4) is 0 Å². The lowest BCUT2D eigenvalue weighted by molar-refractivity contribution is -0.384. The second-order valence-electron chi connectivity index (χ2n) is 5.11. The third kappa shape index (κ3) is 4.10. The molecule has 0 atom stereocenters. The molecule has 1 aromatic carbocycles. The maximum absolute atomic E-state index is 12.1. The molecule has 0 unspecified atom stereocenters. The highest BCUT2D eigenvalue weighted by Crippen LogP contribution is 2.26. The molecule has 0 saturated heterocycles. The predicted octanol–water partition coefficient (Wildman–Crippen LogP) is 2.81. The standard InChI is InChI=1S/C15H19N5O3S/c1-4-13-17-18-15(19(13)5-2)24-9-14(21)16-11-7-6-10(3)8-12(11)20(22)23/h6-8H,4-5,9H2,1-3H3,(H,16,21). The SMILES string of the molecule is CCc1nnc(SCC(=O)Nc2ccc(C)cc2[N+](=O)[O-])n1CC. The molecule has 0 aliphatic heterocycles. The molecular formula is C15H19N5O3S. The predicted molar refractivity (Wildman–Crippen MR) is 92.3 cm³/mol. The molecule has 0 aliphatic rings. The number of thioether (sulfide) groups is 1. The summed E-state index contributed by atoms with van der Waals surface area (Å²) in [5.74, 6) is 0.651. The zero-order chi connectivity index (χ0) is 17.7. The van der Waals surface area contributed by atoms with Crippen molar-refractivity contribution < 1.29 is 9.72 Å². The topological polar surface area (TPSA) is 103 Å². The fraction of sp³-hybridized carbons (Fsp3) is 0.400. The summed E-state index contributed by atoms with van der Waals surface area (Å²) >= 11 is 1.26. The third-order valence-corrected chi connectivity index (χ3v) is 4.35. The minimum atomic E-state index is -0.503. The molecule has 24 heavy (non-hydrogen) atoms. The van der Waals surface area contributed by atoms with Gasteiger partial charge in [0.05, 0.1) is 10.7 Å². The quantitative estimate of drug-likeness (QED) is 0.468. The summed E-state index contributed by atoms with van der Waals surface area (Å²) < 4.78 is 1.95. The maximum Gasteiger partial charge on any atom is 0.293 e. The van der Waals surface area contributed by atoms with Crippen molar-refractivity contribution in [2.75, 3.05) is 11.1 Å². The zero-order valence-corrected chi connectivity index (χ0v) is 14.6. The molecule has 0 radical (unpaired) electrons. The smallest absolute Gasteiger partial charge is 0.293 e. The van der Waals surface area contributed by atoms with Gasteiger partial charge in [0, 0.05) is 19.0 Å². The van der Waals surface area contributed by atoms with Gasteiger partial charge < -0.3 is 9.88 Å². The number of nitrogens with zero attached hydrogens (tertiary/aromatic N) is 4. The number of nitrogens with one attached hydrogen (secondary N) is 1. The van der Waals surface area contributed by atoms with E-state index in [9.17, 15) is 14.9 Å². The molecule has 2 aromatic rings. The second kappa shape index (κ2) is 7.91. The van der Waals surface area contributed by atoms with Gasteiger partial charge in [-0.3, -0.25) is 14.9 Å². The Morgan fingerprint density at radius 2 is 2.12 bits per heavy atom. The minimum absolute atomic E-state index is 0.104. The van der Waals surface area contributed by atoms with Crippen molar-refractivity contribution in [3.63, 3.8) is 0 Å². The molecule has 128 valence electrons. The molecular weight excluding hydrogens is 330 g/mol. The number of carbonyl (C=O) groups excluding carboxylic acids is 1. The Bertz CT molecular complexity index is 760. The Kier molecular flexibility index (Phi) is 5.91. The Hall–Kier alpha value is -2.42. The normalized spacial score (nSPS) is 10.6. The number of benzene rings is 1. The van der Waals surface area contributed by atoms with Gasteiger partial charge in [-0.2, -0.15) is 0 Å². The number of hydrogen-bond donors (Lipinski definition) is 1. The highest BCUT2D eigenvalue weighted by molar-refractivity contribution is 7.99. The fourth-order valence-electron chi connectivity index (χ4n) is 2.22. The van der Waals surface area contributed by atoms with Crippen LogP contribution < -0.4 is 5.32 Å². The maximum atomic E-state index is 12.1. The van der Waals surface area contributed by atoms with Crippen LogP contribution in [0, 0.1) is 17.0 Å². The molecule has 0 bridgehead atoms. The van der Waals surface area contributed by atoms with Gasteiger partial charge in [-0.1, -0.05) is 24.8 Å². The average molecular weight is 349 g/mol. The number of hydrogen-bond acceptors (Lipinski definition) is 6. The van der Waals surface area contributed by atoms with Crippen molar-refractivity contribution >= 4 is 29.0 Å². The van der Waals surface area contributed by atoms with Gasteiger partial charge in [0.1, 0.15) is 11.5 Å². The molecule has 2 rings (SSSR count). The molecule has 1 aromatic heterocycles. The zero-order valence-electron chi connectivity index (χ0n) is 13.8. The Morgan fingerprint density at radius 3 is 2.75 bits per heavy atom. The summed E-state index contributed by atoms with van der Waals surface area (Å²) in [4.78, 5) is 22.7. The number of aryl methyl sites for hydroxylation is 2. The van der Waals surface area contributed by atoms with E-state index in [0.29, 0.717) is 5.16 Å². The van der Waals surface area contributed by atoms with E-state index in [2.05, 4.69) is 15.5 Å². The highest BCUT2D eigenvalue weighted by atomic mass is 32.2. The van der Waals surface area contributed by atoms with E-state index in [4.69, 9.17) is 0 Å². The number of rotatable bonds is 7. The number of aromatic nitrogens is 3.